The SMILES string of the molecule is N#Cc1ccc(CNc2ncc(C(=O)N3CCCCC3)cc2Cl)cc1. The number of carbonyl (C=O) groups is 1. The molecular weight excluding hydrogens is 336 g/mol. The molecule has 1 aliphatic heterocycles. The number of likely N-dealkylation sites (tertiary alicyclic amines) is 1. The van der Waals surface area contributed by atoms with E-state index in [0.29, 0.717) is 28.5 Å². The number of carbonyl (C=O) groups excluding carboxylic acids is 1. The monoisotopic (exact) mass is 354 g/mol. The average molecular weight is 355 g/mol. The molecule has 0 bridgehead atoms. The Morgan fingerprint density at radius 3 is 2.60 bits per heavy atom. The number of rotatable bonds is 4. The van der Waals surface area contributed by atoms with Gasteiger partial charge < -0.3 is 10.2 Å². The quantitative estimate of drug-likeness (QED) is 0.905. The van der Waals surface area contributed by atoms with Gasteiger partial charge in [-0.15, -0.1) is 0 Å². The standard InChI is InChI=1S/C19H19ClN4O/c20-17-10-16(19(25)24-8-2-1-3-9-24)13-23-18(17)22-12-15-6-4-14(11-21)5-7-15/h4-7,10,13H,1-3,8-9,12H2,(H,22,23). The first kappa shape index (κ1) is 17.2. The molecule has 1 fully saturated rings. The highest BCUT2D eigenvalue weighted by Gasteiger charge is 2.19. The van der Waals surface area contributed by atoms with Crippen LogP contribution in [0.5, 0.6) is 0 Å². The molecule has 2 heterocycles. The third-order valence-electron chi connectivity index (χ3n) is 4.27. The predicted molar refractivity (Wildman–Crippen MR) is 97.5 cm³/mol. The van der Waals surface area contributed by atoms with Gasteiger partial charge in [0.2, 0.25) is 0 Å². The Labute approximate surface area is 152 Å². The second kappa shape index (κ2) is 8.00. The van der Waals surface area contributed by atoms with Gasteiger partial charge in [-0.2, -0.15) is 5.26 Å². The van der Waals surface area contributed by atoms with Crippen molar-refractivity contribution in [1.29, 1.82) is 5.26 Å². The van der Waals surface area contributed by atoms with E-state index in [2.05, 4.69) is 16.4 Å². The van der Waals surface area contributed by atoms with E-state index in [1.165, 1.54) is 6.42 Å². The Bertz CT molecular complexity index is 792. The highest BCUT2D eigenvalue weighted by molar-refractivity contribution is 6.33. The summed E-state index contributed by atoms with van der Waals surface area (Å²) >= 11 is 6.29. The van der Waals surface area contributed by atoms with Crippen LogP contribution < -0.4 is 5.32 Å². The molecule has 1 aliphatic rings. The van der Waals surface area contributed by atoms with Gasteiger partial charge in [0.25, 0.3) is 5.91 Å². The zero-order chi connectivity index (χ0) is 17.6. The first-order valence-corrected chi connectivity index (χ1v) is 8.73. The molecule has 0 unspecified atom stereocenters. The topological polar surface area (TPSA) is 69.0 Å². The van der Waals surface area contributed by atoms with Crippen molar-refractivity contribution in [1.82, 2.24) is 9.88 Å². The fourth-order valence-corrected chi connectivity index (χ4v) is 3.08. The molecule has 128 valence electrons. The van der Waals surface area contributed by atoms with Crippen LogP contribution in [-0.4, -0.2) is 28.9 Å². The number of piperidine rings is 1. The fourth-order valence-electron chi connectivity index (χ4n) is 2.85. The zero-order valence-electron chi connectivity index (χ0n) is 13.8. The number of hydrogen-bond donors (Lipinski definition) is 1. The number of nitrogens with one attached hydrogen (secondary N) is 1. The molecule has 0 radical (unpaired) electrons. The molecule has 6 heteroatoms. The van der Waals surface area contributed by atoms with Gasteiger partial charge in [-0.3, -0.25) is 4.79 Å². The molecule has 1 amide bonds. The summed E-state index contributed by atoms with van der Waals surface area (Å²) in [5.41, 5.74) is 2.17. The van der Waals surface area contributed by atoms with Gasteiger partial charge in [0, 0.05) is 25.8 Å². The molecule has 3 rings (SSSR count). The van der Waals surface area contributed by atoms with Crippen molar-refractivity contribution in [3.63, 3.8) is 0 Å². The minimum absolute atomic E-state index is 0.00672. The summed E-state index contributed by atoms with van der Waals surface area (Å²) in [6.45, 7) is 2.14. The van der Waals surface area contributed by atoms with Gasteiger partial charge in [-0.05, 0) is 43.0 Å². The van der Waals surface area contributed by atoms with E-state index in [9.17, 15) is 4.79 Å². The van der Waals surface area contributed by atoms with Crippen LogP contribution in [0.25, 0.3) is 0 Å². The van der Waals surface area contributed by atoms with Crippen molar-refractivity contribution in [2.24, 2.45) is 0 Å². The van der Waals surface area contributed by atoms with Crippen LogP contribution >= 0.6 is 11.6 Å². The summed E-state index contributed by atoms with van der Waals surface area (Å²) in [4.78, 5) is 18.6. The molecule has 1 saturated heterocycles. The Morgan fingerprint density at radius 2 is 1.96 bits per heavy atom. The molecule has 5 nitrogen and oxygen atoms in total. The number of benzene rings is 1. The lowest BCUT2D eigenvalue weighted by Gasteiger charge is -2.26. The molecular formula is C19H19ClN4O. The van der Waals surface area contributed by atoms with Crippen LogP contribution in [0.3, 0.4) is 0 Å². The third kappa shape index (κ3) is 4.28. The number of amides is 1. The van der Waals surface area contributed by atoms with Gasteiger partial charge in [-0.25, -0.2) is 4.98 Å². The van der Waals surface area contributed by atoms with Crippen molar-refractivity contribution in [3.05, 3.63) is 58.2 Å². The summed E-state index contributed by atoms with van der Waals surface area (Å²) in [5.74, 6) is 0.536. The first-order valence-electron chi connectivity index (χ1n) is 8.35. The number of nitrogens with zero attached hydrogens (tertiary/aromatic N) is 3. The molecule has 25 heavy (non-hydrogen) atoms. The second-order valence-electron chi connectivity index (χ2n) is 6.07. The maximum absolute atomic E-state index is 12.5. The van der Waals surface area contributed by atoms with Gasteiger partial charge in [0.1, 0.15) is 5.82 Å². The predicted octanol–water partition coefficient (Wildman–Crippen LogP) is 3.84. The minimum atomic E-state index is -0.00672. The highest BCUT2D eigenvalue weighted by Crippen LogP contribution is 2.22. The summed E-state index contributed by atoms with van der Waals surface area (Å²) in [6.07, 6.45) is 4.86. The maximum Gasteiger partial charge on any atom is 0.255 e. The van der Waals surface area contributed by atoms with Gasteiger partial charge in [-0.1, -0.05) is 23.7 Å². The van der Waals surface area contributed by atoms with Gasteiger partial charge in [0.15, 0.2) is 0 Å². The van der Waals surface area contributed by atoms with Crippen LogP contribution in [0.15, 0.2) is 36.5 Å². The normalized spacial score (nSPS) is 14.0. The highest BCUT2D eigenvalue weighted by atomic mass is 35.5. The number of aromatic nitrogens is 1. The van der Waals surface area contributed by atoms with E-state index in [1.54, 1.807) is 24.4 Å². The van der Waals surface area contributed by atoms with Crippen molar-refractivity contribution in [2.45, 2.75) is 25.8 Å². The Hall–Kier alpha value is -2.58. The molecule has 0 spiro atoms. The lowest BCUT2D eigenvalue weighted by molar-refractivity contribution is 0.0724. The summed E-state index contributed by atoms with van der Waals surface area (Å²) in [6, 6.07) is 11.1. The van der Waals surface area contributed by atoms with E-state index in [-0.39, 0.29) is 5.91 Å². The molecule has 1 aromatic carbocycles. The van der Waals surface area contributed by atoms with Crippen molar-refractivity contribution >= 4 is 23.3 Å². The third-order valence-corrected chi connectivity index (χ3v) is 4.56. The van der Waals surface area contributed by atoms with Gasteiger partial charge in [0.05, 0.1) is 22.2 Å². The maximum atomic E-state index is 12.5. The van der Waals surface area contributed by atoms with Crippen molar-refractivity contribution in [2.75, 3.05) is 18.4 Å². The van der Waals surface area contributed by atoms with Gasteiger partial charge >= 0.3 is 0 Å². The molecule has 0 atom stereocenters. The Morgan fingerprint density at radius 1 is 1.24 bits per heavy atom. The van der Waals surface area contributed by atoms with Crippen LogP contribution in [-0.2, 0) is 6.54 Å². The second-order valence-corrected chi connectivity index (χ2v) is 6.48. The molecule has 2 aromatic rings. The smallest absolute Gasteiger partial charge is 0.255 e. The number of pyridine rings is 1. The van der Waals surface area contributed by atoms with E-state index in [0.717, 1.165) is 31.5 Å². The number of nitriles is 1. The van der Waals surface area contributed by atoms with Crippen LogP contribution in [0.2, 0.25) is 5.02 Å². The lowest BCUT2D eigenvalue weighted by atomic mass is 10.1. The Kier molecular flexibility index (Phi) is 5.52. The average Bonchev–Trinajstić information content (AvgIpc) is 2.67. The lowest BCUT2D eigenvalue weighted by Crippen LogP contribution is -2.35. The zero-order valence-corrected chi connectivity index (χ0v) is 14.6. The van der Waals surface area contributed by atoms with E-state index in [4.69, 9.17) is 16.9 Å². The number of anilines is 1. The van der Waals surface area contributed by atoms with Crippen molar-refractivity contribution < 1.29 is 4.79 Å². The summed E-state index contributed by atoms with van der Waals surface area (Å²) in [7, 11) is 0. The van der Waals surface area contributed by atoms with Crippen LogP contribution in [0.1, 0.15) is 40.7 Å². The Balaban J connectivity index is 1.65. The van der Waals surface area contributed by atoms with E-state index in [1.807, 2.05) is 17.0 Å². The number of hydrogen-bond acceptors (Lipinski definition) is 4. The van der Waals surface area contributed by atoms with Crippen LogP contribution in [0, 0.1) is 11.3 Å². The largest absolute Gasteiger partial charge is 0.365 e. The minimum Gasteiger partial charge on any atom is -0.365 e. The first-order chi connectivity index (χ1) is 12.2. The molecule has 0 saturated carbocycles. The summed E-state index contributed by atoms with van der Waals surface area (Å²) in [5, 5.41) is 12.4. The van der Waals surface area contributed by atoms with Crippen LogP contribution in [0.4, 0.5) is 5.82 Å². The molecule has 1 aromatic heterocycles. The van der Waals surface area contributed by atoms with E-state index < -0.39 is 0 Å². The molecule has 1 N–H and O–H groups in total. The fraction of sp³-hybridized carbons (Fsp3) is 0.316. The van der Waals surface area contributed by atoms with E-state index >= 15 is 0 Å². The molecule has 0 aliphatic carbocycles. The number of halogens is 1. The summed E-state index contributed by atoms with van der Waals surface area (Å²) < 4.78 is 0. The van der Waals surface area contributed by atoms with Crippen molar-refractivity contribution in [3.8, 4) is 6.07 Å².